The van der Waals surface area contributed by atoms with Gasteiger partial charge in [-0.05, 0) is 59.6 Å². The van der Waals surface area contributed by atoms with Crippen molar-refractivity contribution in [3.63, 3.8) is 0 Å². The Bertz CT molecular complexity index is 350. The second-order valence-electron chi connectivity index (χ2n) is 5.28. The van der Waals surface area contributed by atoms with Crippen molar-refractivity contribution in [2.75, 3.05) is 6.54 Å². The lowest BCUT2D eigenvalue weighted by atomic mass is 9.94. The third-order valence-corrected chi connectivity index (χ3v) is 5.53. The van der Waals surface area contributed by atoms with Gasteiger partial charge in [0.25, 0.3) is 0 Å². The van der Waals surface area contributed by atoms with Crippen LogP contribution in [0.5, 0.6) is 0 Å². The van der Waals surface area contributed by atoms with Gasteiger partial charge in [-0.25, -0.2) is 0 Å². The summed E-state index contributed by atoms with van der Waals surface area (Å²) in [6.07, 6.45) is 5.43. The highest BCUT2D eigenvalue weighted by molar-refractivity contribution is 9.10. The van der Waals surface area contributed by atoms with Gasteiger partial charge in [-0.1, -0.05) is 20.3 Å². The Labute approximate surface area is 117 Å². The van der Waals surface area contributed by atoms with Crippen LogP contribution in [0.2, 0.25) is 0 Å². The quantitative estimate of drug-likeness (QED) is 0.845. The average Bonchev–Trinajstić information content (AvgIpc) is 2.87. The molecule has 0 radical (unpaired) electrons. The predicted molar refractivity (Wildman–Crippen MR) is 79.7 cm³/mol. The Morgan fingerprint density at radius 2 is 2.35 bits per heavy atom. The van der Waals surface area contributed by atoms with Gasteiger partial charge in [0, 0.05) is 20.8 Å². The van der Waals surface area contributed by atoms with Gasteiger partial charge in [-0.3, -0.25) is 0 Å². The number of halogens is 1. The summed E-state index contributed by atoms with van der Waals surface area (Å²) in [5, 5.41) is 5.88. The van der Waals surface area contributed by atoms with Crippen LogP contribution >= 0.6 is 27.3 Å². The highest BCUT2D eigenvalue weighted by Crippen LogP contribution is 2.34. The molecule has 0 spiro atoms. The Morgan fingerprint density at radius 1 is 1.53 bits per heavy atom. The molecule has 1 fully saturated rings. The number of likely N-dealkylation sites (N-methyl/N-ethyl adjacent to an activating group) is 1. The van der Waals surface area contributed by atoms with Crippen LogP contribution in [0.15, 0.2) is 15.9 Å². The molecule has 0 amide bonds. The van der Waals surface area contributed by atoms with Crippen LogP contribution in [0, 0.1) is 11.8 Å². The molecular weight excluding hydrogens is 294 g/mol. The van der Waals surface area contributed by atoms with Gasteiger partial charge < -0.3 is 5.32 Å². The van der Waals surface area contributed by atoms with E-state index in [0.717, 1.165) is 18.4 Å². The smallest absolute Gasteiger partial charge is 0.0285 e. The Hall–Kier alpha value is 0.140. The summed E-state index contributed by atoms with van der Waals surface area (Å²) in [5.41, 5.74) is 0. The fourth-order valence-corrected chi connectivity index (χ4v) is 4.47. The van der Waals surface area contributed by atoms with E-state index in [1.807, 2.05) is 11.3 Å². The van der Waals surface area contributed by atoms with Crippen molar-refractivity contribution in [2.45, 2.75) is 45.6 Å². The number of hydrogen-bond donors (Lipinski definition) is 1. The highest BCUT2D eigenvalue weighted by atomic mass is 79.9. The van der Waals surface area contributed by atoms with Gasteiger partial charge in [0.1, 0.15) is 0 Å². The molecule has 1 heterocycles. The van der Waals surface area contributed by atoms with Gasteiger partial charge in [-0.2, -0.15) is 0 Å². The zero-order valence-electron chi connectivity index (χ0n) is 10.7. The first-order valence-electron chi connectivity index (χ1n) is 6.65. The first-order valence-corrected chi connectivity index (χ1v) is 8.32. The van der Waals surface area contributed by atoms with Crippen molar-refractivity contribution in [3.8, 4) is 0 Å². The lowest BCUT2D eigenvalue weighted by molar-refractivity contribution is 0.355. The van der Waals surface area contributed by atoms with Crippen LogP contribution in [0.25, 0.3) is 0 Å². The summed E-state index contributed by atoms with van der Waals surface area (Å²) in [6.45, 7) is 5.70. The second kappa shape index (κ2) is 6.35. The van der Waals surface area contributed by atoms with Crippen molar-refractivity contribution in [1.82, 2.24) is 5.32 Å². The van der Waals surface area contributed by atoms with Crippen LogP contribution < -0.4 is 5.32 Å². The van der Waals surface area contributed by atoms with Gasteiger partial charge in [-0.15, -0.1) is 11.3 Å². The van der Waals surface area contributed by atoms with Crippen LogP contribution in [-0.2, 0) is 6.42 Å². The molecule has 0 aliphatic heterocycles. The first kappa shape index (κ1) is 13.6. The standard InChI is InChI=1S/C14H22BrNS/c1-3-16-14(11-5-4-10(2)6-11)8-13-7-12(15)9-17-13/h7,9-11,14,16H,3-6,8H2,1-2H3. The fourth-order valence-electron chi connectivity index (χ4n) is 2.96. The fraction of sp³-hybridized carbons (Fsp3) is 0.714. The van der Waals surface area contributed by atoms with Crippen molar-refractivity contribution in [1.29, 1.82) is 0 Å². The third kappa shape index (κ3) is 3.80. The third-order valence-electron chi connectivity index (χ3n) is 3.81. The van der Waals surface area contributed by atoms with Crippen molar-refractivity contribution in [2.24, 2.45) is 11.8 Å². The van der Waals surface area contributed by atoms with Crippen LogP contribution in [-0.4, -0.2) is 12.6 Å². The van der Waals surface area contributed by atoms with Crippen molar-refractivity contribution >= 4 is 27.3 Å². The minimum absolute atomic E-state index is 0.676. The molecule has 0 saturated heterocycles. The molecule has 0 aromatic carbocycles. The van der Waals surface area contributed by atoms with Gasteiger partial charge in [0.2, 0.25) is 0 Å². The molecule has 1 saturated carbocycles. The molecule has 0 bridgehead atoms. The molecule has 17 heavy (non-hydrogen) atoms. The zero-order chi connectivity index (χ0) is 12.3. The molecule has 1 aromatic rings. The maximum absolute atomic E-state index is 3.69. The molecule has 1 aliphatic rings. The van der Waals surface area contributed by atoms with E-state index in [4.69, 9.17) is 0 Å². The van der Waals surface area contributed by atoms with Crippen LogP contribution in [0.3, 0.4) is 0 Å². The van der Waals surface area contributed by atoms with E-state index in [2.05, 4.69) is 46.5 Å². The van der Waals surface area contributed by atoms with E-state index in [9.17, 15) is 0 Å². The van der Waals surface area contributed by atoms with Crippen molar-refractivity contribution in [3.05, 3.63) is 20.8 Å². The van der Waals surface area contributed by atoms with Crippen LogP contribution in [0.4, 0.5) is 0 Å². The second-order valence-corrected chi connectivity index (χ2v) is 7.19. The molecule has 1 nitrogen and oxygen atoms in total. The molecule has 1 N–H and O–H groups in total. The number of nitrogens with one attached hydrogen (secondary N) is 1. The maximum atomic E-state index is 3.69. The lowest BCUT2D eigenvalue weighted by Gasteiger charge is -2.24. The molecule has 3 heteroatoms. The van der Waals surface area contributed by atoms with E-state index < -0.39 is 0 Å². The van der Waals surface area contributed by atoms with E-state index in [-0.39, 0.29) is 0 Å². The maximum Gasteiger partial charge on any atom is 0.0285 e. The van der Waals surface area contributed by atoms with E-state index in [1.165, 1.54) is 35.0 Å². The largest absolute Gasteiger partial charge is 0.314 e. The molecule has 3 atom stereocenters. The number of rotatable bonds is 5. The monoisotopic (exact) mass is 315 g/mol. The summed E-state index contributed by atoms with van der Waals surface area (Å²) >= 11 is 5.42. The number of thiophene rings is 1. The summed E-state index contributed by atoms with van der Waals surface area (Å²) < 4.78 is 1.23. The predicted octanol–water partition coefficient (Wildman–Crippen LogP) is 4.47. The normalized spacial score (nSPS) is 26.3. The topological polar surface area (TPSA) is 12.0 Å². The van der Waals surface area contributed by atoms with Crippen molar-refractivity contribution < 1.29 is 0 Å². The molecule has 1 aromatic heterocycles. The Morgan fingerprint density at radius 3 is 2.88 bits per heavy atom. The minimum Gasteiger partial charge on any atom is -0.314 e. The number of hydrogen-bond acceptors (Lipinski definition) is 2. The van der Waals surface area contributed by atoms with Crippen LogP contribution in [0.1, 0.15) is 38.0 Å². The summed E-state index contributed by atoms with van der Waals surface area (Å²) in [5.74, 6) is 1.81. The summed E-state index contributed by atoms with van der Waals surface area (Å²) in [4.78, 5) is 1.50. The van der Waals surface area contributed by atoms with E-state index >= 15 is 0 Å². The molecule has 1 aliphatic carbocycles. The first-order chi connectivity index (χ1) is 8.19. The van der Waals surface area contributed by atoms with Gasteiger partial charge in [0.05, 0.1) is 0 Å². The molecule has 96 valence electrons. The van der Waals surface area contributed by atoms with Gasteiger partial charge in [0.15, 0.2) is 0 Å². The molecule has 2 rings (SSSR count). The zero-order valence-corrected chi connectivity index (χ0v) is 13.1. The summed E-state index contributed by atoms with van der Waals surface area (Å²) in [6, 6.07) is 2.95. The van der Waals surface area contributed by atoms with Gasteiger partial charge >= 0.3 is 0 Å². The molecule has 3 unspecified atom stereocenters. The Kier molecular flexibility index (Phi) is 5.07. The van der Waals surface area contributed by atoms with E-state index in [0.29, 0.717) is 6.04 Å². The SMILES string of the molecule is CCNC(Cc1cc(Br)cs1)C1CCC(C)C1. The van der Waals surface area contributed by atoms with E-state index in [1.54, 1.807) is 0 Å². The highest BCUT2D eigenvalue weighted by Gasteiger charge is 2.28. The Balaban J connectivity index is 1.97. The summed E-state index contributed by atoms with van der Waals surface area (Å²) in [7, 11) is 0. The average molecular weight is 316 g/mol. The minimum atomic E-state index is 0.676. The molecular formula is C14H22BrNS. The lowest BCUT2D eigenvalue weighted by Crippen LogP contribution is -2.36.